The van der Waals surface area contributed by atoms with Crippen LogP contribution in [-0.4, -0.2) is 18.0 Å². The first-order valence-corrected chi connectivity index (χ1v) is 8.58. The number of nitrogens with zero attached hydrogens (tertiary/aromatic N) is 1. The number of benzene rings is 1. The molecule has 0 bridgehead atoms. The lowest BCUT2D eigenvalue weighted by atomic mass is 10.0. The Hall–Kier alpha value is -0.740. The van der Waals surface area contributed by atoms with Crippen LogP contribution in [0.3, 0.4) is 0 Å². The summed E-state index contributed by atoms with van der Waals surface area (Å²) in [6.45, 7) is 7.22. The molecule has 0 fully saturated rings. The SMILES string of the molecule is CCN1Cc2sc(C)cc2C(Oc2cccc(Cl)c2Cl)C1. The molecule has 1 aliphatic heterocycles. The van der Waals surface area contributed by atoms with Crippen molar-refractivity contribution >= 4 is 34.5 Å². The van der Waals surface area contributed by atoms with Crippen LogP contribution in [0.5, 0.6) is 5.75 Å². The van der Waals surface area contributed by atoms with Crippen LogP contribution in [0.25, 0.3) is 0 Å². The fourth-order valence-electron chi connectivity index (χ4n) is 2.65. The fourth-order valence-corrected chi connectivity index (χ4v) is 4.12. The first kappa shape index (κ1) is 15.2. The van der Waals surface area contributed by atoms with Gasteiger partial charge in [0.2, 0.25) is 0 Å². The zero-order valence-electron chi connectivity index (χ0n) is 12.0. The maximum absolute atomic E-state index is 6.25. The van der Waals surface area contributed by atoms with Crippen LogP contribution < -0.4 is 4.74 Å². The average molecular weight is 342 g/mol. The van der Waals surface area contributed by atoms with Crippen LogP contribution in [0.15, 0.2) is 24.3 Å². The number of halogens is 2. The molecule has 0 radical (unpaired) electrons. The number of hydrogen-bond donors (Lipinski definition) is 0. The summed E-state index contributed by atoms with van der Waals surface area (Å²) in [6.07, 6.45) is 0.00890. The van der Waals surface area contributed by atoms with E-state index in [2.05, 4.69) is 24.8 Å². The minimum Gasteiger partial charge on any atom is -0.483 e. The number of hydrogen-bond acceptors (Lipinski definition) is 3. The number of fused-ring (bicyclic) bond motifs is 1. The fraction of sp³-hybridized carbons (Fsp3) is 0.375. The Morgan fingerprint density at radius 2 is 2.19 bits per heavy atom. The molecule has 1 aromatic carbocycles. The molecule has 2 aromatic rings. The second kappa shape index (κ2) is 6.17. The topological polar surface area (TPSA) is 12.5 Å². The van der Waals surface area contributed by atoms with Crippen molar-refractivity contribution in [2.24, 2.45) is 0 Å². The zero-order valence-corrected chi connectivity index (χ0v) is 14.4. The molecule has 1 atom stereocenters. The summed E-state index contributed by atoms with van der Waals surface area (Å²) in [5, 5.41) is 1.01. The Morgan fingerprint density at radius 3 is 2.95 bits per heavy atom. The normalized spacial score (nSPS) is 18.6. The highest BCUT2D eigenvalue weighted by atomic mass is 35.5. The summed E-state index contributed by atoms with van der Waals surface area (Å²) in [5.74, 6) is 0.655. The van der Waals surface area contributed by atoms with Gasteiger partial charge >= 0.3 is 0 Å². The van der Waals surface area contributed by atoms with Gasteiger partial charge in [-0.2, -0.15) is 0 Å². The molecule has 5 heteroatoms. The van der Waals surface area contributed by atoms with Gasteiger partial charge in [-0.25, -0.2) is 0 Å². The van der Waals surface area contributed by atoms with Gasteiger partial charge in [-0.1, -0.05) is 36.2 Å². The molecule has 2 nitrogen and oxygen atoms in total. The molecule has 2 heterocycles. The lowest BCUT2D eigenvalue weighted by molar-refractivity contribution is 0.117. The summed E-state index contributed by atoms with van der Waals surface area (Å²) < 4.78 is 6.19. The molecule has 0 amide bonds. The Kier molecular flexibility index (Phi) is 4.46. The number of rotatable bonds is 3. The van der Waals surface area contributed by atoms with Gasteiger partial charge in [0.15, 0.2) is 0 Å². The third-order valence-corrected chi connectivity index (χ3v) is 5.59. The lowest BCUT2D eigenvalue weighted by Crippen LogP contribution is -2.34. The molecule has 21 heavy (non-hydrogen) atoms. The molecule has 0 aliphatic carbocycles. The van der Waals surface area contributed by atoms with E-state index in [0.717, 1.165) is 19.6 Å². The van der Waals surface area contributed by atoms with Gasteiger partial charge in [-0.3, -0.25) is 4.90 Å². The van der Waals surface area contributed by atoms with Gasteiger partial charge in [0.05, 0.1) is 5.02 Å². The second-order valence-electron chi connectivity index (χ2n) is 5.22. The van der Waals surface area contributed by atoms with E-state index in [-0.39, 0.29) is 6.10 Å². The van der Waals surface area contributed by atoms with E-state index in [0.29, 0.717) is 15.8 Å². The van der Waals surface area contributed by atoms with E-state index in [1.807, 2.05) is 23.5 Å². The standard InChI is InChI=1S/C16H17Cl2NOS/c1-3-19-8-14(11-7-10(2)21-15(11)9-19)20-13-6-4-5-12(17)16(13)18/h4-7,14H,3,8-9H2,1-2H3. The summed E-state index contributed by atoms with van der Waals surface area (Å²) in [5.41, 5.74) is 1.29. The Labute approximate surface area is 139 Å². The van der Waals surface area contributed by atoms with E-state index >= 15 is 0 Å². The molecule has 0 N–H and O–H groups in total. The molecule has 0 saturated heterocycles. The number of aryl methyl sites for hydroxylation is 1. The van der Waals surface area contributed by atoms with Crippen molar-refractivity contribution in [3.8, 4) is 5.75 Å². The van der Waals surface area contributed by atoms with Gasteiger partial charge in [0.25, 0.3) is 0 Å². The molecular weight excluding hydrogens is 325 g/mol. The minimum absolute atomic E-state index is 0.00890. The predicted molar refractivity (Wildman–Crippen MR) is 89.8 cm³/mol. The number of ether oxygens (including phenoxy) is 1. The summed E-state index contributed by atoms with van der Waals surface area (Å²) in [7, 11) is 0. The third-order valence-electron chi connectivity index (χ3n) is 3.74. The highest BCUT2D eigenvalue weighted by Gasteiger charge is 2.28. The van der Waals surface area contributed by atoms with Gasteiger partial charge in [0, 0.05) is 28.4 Å². The quantitative estimate of drug-likeness (QED) is 0.749. The van der Waals surface area contributed by atoms with E-state index in [4.69, 9.17) is 27.9 Å². The average Bonchev–Trinajstić information content (AvgIpc) is 2.84. The van der Waals surface area contributed by atoms with Crippen molar-refractivity contribution < 1.29 is 4.74 Å². The maximum atomic E-state index is 6.25. The largest absolute Gasteiger partial charge is 0.483 e. The van der Waals surface area contributed by atoms with Crippen molar-refractivity contribution in [1.82, 2.24) is 4.90 Å². The van der Waals surface area contributed by atoms with E-state index in [1.54, 1.807) is 6.07 Å². The Balaban J connectivity index is 1.92. The van der Waals surface area contributed by atoms with Crippen LogP contribution in [0.2, 0.25) is 10.0 Å². The van der Waals surface area contributed by atoms with E-state index in [9.17, 15) is 0 Å². The zero-order chi connectivity index (χ0) is 15.0. The second-order valence-corrected chi connectivity index (χ2v) is 7.35. The van der Waals surface area contributed by atoms with Crippen molar-refractivity contribution in [3.63, 3.8) is 0 Å². The first-order chi connectivity index (χ1) is 10.1. The minimum atomic E-state index is 0.00890. The molecular formula is C16H17Cl2NOS. The highest BCUT2D eigenvalue weighted by Crippen LogP contribution is 2.39. The van der Waals surface area contributed by atoms with Crippen LogP contribution in [0, 0.1) is 6.92 Å². The summed E-state index contributed by atoms with van der Waals surface area (Å²) in [4.78, 5) is 5.11. The van der Waals surface area contributed by atoms with Crippen LogP contribution >= 0.6 is 34.5 Å². The third kappa shape index (κ3) is 3.07. The maximum Gasteiger partial charge on any atom is 0.140 e. The smallest absolute Gasteiger partial charge is 0.140 e. The predicted octanol–water partition coefficient (Wildman–Crippen LogP) is 5.32. The van der Waals surface area contributed by atoms with Crippen LogP contribution in [0.4, 0.5) is 0 Å². The van der Waals surface area contributed by atoms with E-state index in [1.165, 1.54) is 15.3 Å². The lowest BCUT2D eigenvalue weighted by Gasteiger charge is -2.32. The van der Waals surface area contributed by atoms with Gasteiger partial charge in [-0.05, 0) is 31.7 Å². The number of likely N-dealkylation sites (N-methyl/N-ethyl adjacent to an activating group) is 1. The van der Waals surface area contributed by atoms with Crippen LogP contribution in [0.1, 0.15) is 28.3 Å². The van der Waals surface area contributed by atoms with E-state index < -0.39 is 0 Å². The molecule has 0 saturated carbocycles. The molecule has 3 rings (SSSR count). The Bertz CT molecular complexity index is 656. The molecule has 112 valence electrons. The monoisotopic (exact) mass is 341 g/mol. The van der Waals surface area contributed by atoms with Crippen molar-refractivity contribution in [3.05, 3.63) is 49.6 Å². The number of thiophene rings is 1. The van der Waals surface area contributed by atoms with Gasteiger partial charge in [0.1, 0.15) is 16.9 Å². The summed E-state index contributed by atoms with van der Waals surface area (Å²) >= 11 is 14.2. The highest BCUT2D eigenvalue weighted by molar-refractivity contribution is 7.12. The van der Waals surface area contributed by atoms with Gasteiger partial charge < -0.3 is 4.74 Å². The first-order valence-electron chi connectivity index (χ1n) is 7.00. The molecule has 0 spiro atoms. The van der Waals surface area contributed by atoms with Crippen molar-refractivity contribution in [2.45, 2.75) is 26.5 Å². The van der Waals surface area contributed by atoms with Crippen LogP contribution in [-0.2, 0) is 6.54 Å². The Morgan fingerprint density at radius 1 is 1.38 bits per heavy atom. The van der Waals surface area contributed by atoms with Gasteiger partial charge in [-0.15, -0.1) is 11.3 Å². The summed E-state index contributed by atoms with van der Waals surface area (Å²) in [6, 6.07) is 7.74. The molecule has 1 unspecified atom stereocenters. The van der Waals surface area contributed by atoms with Crippen molar-refractivity contribution in [1.29, 1.82) is 0 Å². The molecule has 1 aliphatic rings. The van der Waals surface area contributed by atoms with Crippen molar-refractivity contribution in [2.75, 3.05) is 13.1 Å². The molecule has 1 aromatic heterocycles.